The van der Waals surface area contributed by atoms with Crippen LogP contribution in [0.25, 0.3) is 16.9 Å². The topological polar surface area (TPSA) is 75.5 Å². The fourth-order valence-corrected chi connectivity index (χ4v) is 4.48. The number of halogens is 1. The maximum Gasteiger partial charge on any atom is 0.257 e. The molecule has 0 unspecified atom stereocenters. The number of aromatic nitrogens is 2. The monoisotopic (exact) mass is 442 g/mol. The number of carbonyl (C=O) groups is 1. The molecule has 0 atom stereocenters. The van der Waals surface area contributed by atoms with Crippen molar-refractivity contribution in [1.29, 1.82) is 0 Å². The lowest BCUT2D eigenvalue weighted by Gasteiger charge is -2.33. The Balaban J connectivity index is 1.70. The molecule has 1 fully saturated rings. The van der Waals surface area contributed by atoms with E-state index in [2.05, 4.69) is 5.10 Å². The maximum absolute atomic E-state index is 13.4. The van der Waals surface area contributed by atoms with Crippen molar-refractivity contribution in [3.05, 3.63) is 71.7 Å². The van der Waals surface area contributed by atoms with Gasteiger partial charge >= 0.3 is 0 Å². The highest BCUT2D eigenvalue weighted by Gasteiger charge is 2.29. The van der Waals surface area contributed by atoms with Crippen LogP contribution in [0.4, 0.5) is 4.39 Å². The third-order valence-electron chi connectivity index (χ3n) is 5.32. The lowest BCUT2D eigenvalue weighted by atomic mass is 10.0. The average molecular weight is 443 g/mol. The average Bonchev–Trinajstić information content (AvgIpc) is 3.19. The van der Waals surface area contributed by atoms with Gasteiger partial charge in [0.2, 0.25) is 10.0 Å². The van der Waals surface area contributed by atoms with E-state index >= 15 is 0 Å². The molecule has 1 aliphatic heterocycles. The van der Waals surface area contributed by atoms with Gasteiger partial charge in [0.15, 0.2) is 0 Å². The van der Waals surface area contributed by atoms with E-state index in [0.717, 1.165) is 11.1 Å². The number of nitrogens with zero attached hydrogens (tertiary/aromatic N) is 4. The van der Waals surface area contributed by atoms with E-state index in [0.29, 0.717) is 30.0 Å². The summed E-state index contributed by atoms with van der Waals surface area (Å²) in [6, 6.07) is 13.6. The molecule has 1 saturated heterocycles. The van der Waals surface area contributed by atoms with Crippen LogP contribution in [0.15, 0.2) is 54.7 Å². The molecule has 2 heterocycles. The Morgan fingerprint density at radius 1 is 1.03 bits per heavy atom. The minimum atomic E-state index is -3.28. The third-order valence-corrected chi connectivity index (χ3v) is 6.63. The first-order valence-electron chi connectivity index (χ1n) is 9.89. The summed E-state index contributed by atoms with van der Waals surface area (Å²) in [6.07, 6.45) is 2.82. The van der Waals surface area contributed by atoms with Gasteiger partial charge in [0.1, 0.15) is 11.5 Å². The van der Waals surface area contributed by atoms with Crippen molar-refractivity contribution >= 4 is 15.9 Å². The van der Waals surface area contributed by atoms with Gasteiger partial charge in [-0.3, -0.25) is 4.79 Å². The highest BCUT2D eigenvalue weighted by molar-refractivity contribution is 7.88. The Bertz CT molecular complexity index is 1210. The fraction of sp³-hybridized carbons (Fsp3) is 0.273. The number of carbonyl (C=O) groups excluding carboxylic acids is 1. The Morgan fingerprint density at radius 3 is 2.32 bits per heavy atom. The van der Waals surface area contributed by atoms with Crippen molar-refractivity contribution in [1.82, 2.24) is 19.0 Å². The van der Waals surface area contributed by atoms with Gasteiger partial charge in [-0.2, -0.15) is 9.40 Å². The number of benzene rings is 2. The molecule has 1 aliphatic rings. The normalized spacial score (nSPS) is 15.3. The second-order valence-corrected chi connectivity index (χ2v) is 9.62. The van der Waals surface area contributed by atoms with E-state index in [1.807, 2.05) is 31.2 Å². The maximum atomic E-state index is 13.4. The molecule has 0 bridgehead atoms. The van der Waals surface area contributed by atoms with Crippen LogP contribution in [0.2, 0.25) is 0 Å². The summed E-state index contributed by atoms with van der Waals surface area (Å²) < 4.78 is 39.8. The Labute approximate surface area is 180 Å². The van der Waals surface area contributed by atoms with Crippen molar-refractivity contribution in [2.45, 2.75) is 6.92 Å². The molecule has 0 N–H and O–H groups in total. The van der Waals surface area contributed by atoms with Gasteiger partial charge in [0, 0.05) is 37.9 Å². The van der Waals surface area contributed by atoms with Crippen molar-refractivity contribution in [2.75, 3.05) is 32.4 Å². The minimum absolute atomic E-state index is 0.210. The molecular weight excluding hydrogens is 419 g/mol. The molecule has 0 saturated carbocycles. The molecule has 3 aromatic rings. The number of aryl methyl sites for hydroxylation is 1. The fourth-order valence-electron chi connectivity index (χ4n) is 3.66. The van der Waals surface area contributed by atoms with Gasteiger partial charge in [-0.15, -0.1) is 0 Å². The SMILES string of the molecule is Cc1cccc(-c2nn(-c3ccc(F)cc3)cc2C(=O)N2CCN(S(C)(=O)=O)CC2)c1. The molecule has 31 heavy (non-hydrogen) atoms. The van der Waals surface area contributed by atoms with Gasteiger partial charge in [-0.25, -0.2) is 17.5 Å². The Hall–Kier alpha value is -3.04. The molecule has 0 aliphatic carbocycles. The summed E-state index contributed by atoms with van der Waals surface area (Å²) >= 11 is 0. The van der Waals surface area contributed by atoms with Gasteiger partial charge < -0.3 is 4.90 Å². The third kappa shape index (κ3) is 4.52. The van der Waals surface area contributed by atoms with E-state index < -0.39 is 10.0 Å². The van der Waals surface area contributed by atoms with Gasteiger partial charge in [0.25, 0.3) is 5.91 Å². The van der Waals surface area contributed by atoms with Crippen LogP contribution in [0.5, 0.6) is 0 Å². The lowest BCUT2D eigenvalue weighted by Crippen LogP contribution is -2.50. The Morgan fingerprint density at radius 2 is 1.71 bits per heavy atom. The van der Waals surface area contributed by atoms with Crippen LogP contribution in [-0.4, -0.2) is 65.7 Å². The summed E-state index contributed by atoms with van der Waals surface area (Å²) in [5.41, 5.74) is 3.43. The Kier molecular flexibility index (Phi) is 5.63. The zero-order chi connectivity index (χ0) is 22.2. The second-order valence-electron chi connectivity index (χ2n) is 7.64. The van der Waals surface area contributed by atoms with Crippen LogP contribution in [0.3, 0.4) is 0 Å². The van der Waals surface area contributed by atoms with Crippen LogP contribution in [-0.2, 0) is 10.0 Å². The number of sulfonamides is 1. The summed E-state index contributed by atoms with van der Waals surface area (Å²) in [6.45, 7) is 3.10. The van der Waals surface area contributed by atoms with Gasteiger partial charge in [0.05, 0.1) is 17.5 Å². The smallest absolute Gasteiger partial charge is 0.257 e. The molecule has 0 spiro atoms. The highest BCUT2D eigenvalue weighted by Crippen LogP contribution is 2.26. The number of rotatable bonds is 4. The minimum Gasteiger partial charge on any atom is -0.336 e. The van der Waals surface area contributed by atoms with Gasteiger partial charge in [-0.1, -0.05) is 23.8 Å². The van der Waals surface area contributed by atoms with Crippen molar-refractivity contribution < 1.29 is 17.6 Å². The van der Waals surface area contributed by atoms with Crippen LogP contribution in [0.1, 0.15) is 15.9 Å². The summed E-state index contributed by atoms with van der Waals surface area (Å²) in [5, 5.41) is 4.63. The zero-order valence-electron chi connectivity index (χ0n) is 17.3. The molecule has 1 aromatic heterocycles. The first-order valence-corrected chi connectivity index (χ1v) is 11.7. The summed E-state index contributed by atoms with van der Waals surface area (Å²) in [5.74, 6) is -0.562. The number of hydrogen-bond donors (Lipinski definition) is 0. The predicted molar refractivity (Wildman–Crippen MR) is 116 cm³/mol. The lowest BCUT2D eigenvalue weighted by molar-refractivity contribution is 0.0699. The largest absolute Gasteiger partial charge is 0.336 e. The molecule has 4 rings (SSSR count). The molecule has 0 radical (unpaired) electrons. The first kappa shape index (κ1) is 21.2. The molecule has 9 heteroatoms. The molecule has 162 valence electrons. The van der Waals surface area contributed by atoms with E-state index in [1.165, 1.54) is 22.7 Å². The van der Waals surface area contributed by atoms with Crippen LogP contribution in [0, 0.1) is 12.7 Å². The molecule has 1 amide bonds. The predicted octanol–water partition coefficient (Wildman–Crippen LogP) is 2.70. The second kappa shape index (κ2) is 8.24. The number of hydrogen-bond acceptors (Lipinski definition) is 4. The van der Waals surface area contributed by atoms with E-state index in [4.69, 9.17) is 0 Å². The van der Waals surface area contributed by atoms with Crippen molar-refractivity contribution in [3.8, 4) is 16.9 Å². The molecule has 2 aromatic carbocycles. The van der Waals surface area contributed by atoms with Crippen LogP contribution >= 0.6 is 0 Å². The summed E-state index contributed by atoms with van der Waals surface area (Å²) in [4.78, 5) is 15.0. The van der Waals surface area contributed by atoms with E-state index in [-0.39, 0.29) is 24.8 Å². The van der Waals surface area contributed by atoms with Gasteiger partial charge in [-0.05, 0) is 37.3 Å². The molecule has 7 nitrogen and oxygen atoms in total. The number of amides is 1. The zero-order valence-corrected chi connectivity index (χ0v) is 18.1. The van der Waals surface area contributed by atoms with E-state index in [9.17, 15) is 17.6 Å². The quantitative estimate of drug-likeness (QED) is 0.623. The first-order chi connectivity index (χ1) is 14.7. The van der Waals surface area contributed by atoms with Crippen molar-refractivity contribution in [2.24, 2.45) is 0 Å². The molecular formula is C22H23FN4O3S. The standard InChI is InChI=1S/C22H23FN4O3S/c1-16-4-3-5-17(14-16)21-20(15-27(24-21)19-8-6-18(23)7-9-19)22(28)25-10-12-26(13-11-25)31(2,29)30/h3-9,14-15H,10-13H2,1-2H3. The summed E-state index contributed by atoms with van der Waals surface area (Å²) in [7, 11) is -3.28. The van der Waals surface area contributed by atoms with E-state index in [1.54, 1.807) is 27.9 Å². The van der Waals surface area contributed by atoms with Crippen LogP contribution < -0.4 is 0 Å². The number of piperazine rings is 1. The highest BCUT2D eigenvalue weighted by atomic mass is 32.2. The van der Waals surface area contributed by atoms with Crippen molar-refractivity contribution in [3.63, 3.8) is 0 Å².